The van der Waals surface area contributed by atoms with Crippen molar-refractivity contribution in [2.24, 2.45) is 0 Å². The van der Waals surface area contributed by atoms with E-state index < -0.39 is 17.9 Å². The number of nitrogens with zero attached hydrogens (tertiary/aromatic N) is 2. The molecule has 0 saturated heterocycles. The van der Waals surface area contributed by atoms with Gasteiger partial charge in [-0.25, -0.2) is 4.98 Å². The van der Waals surface area contributed by atoms with Gasteiger partial charge in [-0.15, -0.1) is 0 Å². The fourth-order valence-corrected chi connectivity index (χ4v) is 3.35. The lowest BCUT2D eigenvalue weighted by atomic mass is 10.1. The molecule has 8 heteroatoms. The van der Waals surface area contributed by atoms with E-state index in [-0.39, 0.29) is 18.2 Å². The highest BCUT2D eigenvalue weighted by molar-refractivity contribution is 6.31. The van der Waals surface area contributed by atoms with Crippen LogP contribution in [0.4, 0.5) is 17.3 Å². The van der Waals surface area contributed by atoms with Crippen molar-refractivity contribution in [3.05, 3.63) is 76.8 Å². The fraction of sp³-hybridized carbons (Fsp3) is 0.136. The Balaban J connectivity index is 1.62. The van der Waals surface area contributed by atoms with Crippen LogP contribution >= 0.6 is 11.6 Å². The molecule has 0 bridgehead atoms. The van der Waals surface area contributed by atoms with Gasteiger partial charge in [0.05, 0.1) is 0 Å². The summed E-state index contributed by atoms with van der Waals surface area (Å²) in [6.07, 6.45) is -0.884. The Hall–Kier alpha value is -3.58. The van der Waals surface area contributed by atoms with E-state index in [1.54, 1.807) is 42.5 Å². The molecule has 3 N–H and O–H groups in total. The molecule has 2 amide bonds. The summed E-state index contributed by atoms with van der Waals surface area (Å²) < 4.78 is 5.89. The maximum Gasteiger partial charge on any atom is 0.274 e. The van der Waals surface area contributed by atoms with Gasteiger partial charge in [0.1, 0.15) is 12.4 Å². The minimum absolute atomic E-state index is 0.212. The normalized spacial score (nSPS) is 15.3. The number of hydrogen-bond donors (Lipinski definition) is 2. The van der Waals surface area contributed by atoms with E-state index in [9.17, 15) is 9.59 Å². The van der Waals surface area contributed by atoms with Crippen LogP contribution < -0.4 is 20.7 Å². The van der Waals surface area contributed by atoms with E-state index in [1.807, 2.05) is 25.1 Å². The van der Waals surface area contributed by atoms with Gasteiger partial charge >= 0.3 is 0 Å². The van der Waals surface area contributed by atoms with Gasteiger partial charge in [-0.1, -0.05) is 48.0 Å². The number of aryl methyl sites for hydroxylation is 1. The minimum Gasteiger partial charge on any atom is -0.472 e. The predicted molar refractivity (Wildman–Crippen MR) is 116 cm³/mol. The third-order valence-electron chi connectivity index (χ3n) is 4.71. The second-order valence-electron chi connectivity index (χ2n) is 6.90. The maximum atomic E-state index is 13.2. The molecule has 1 aliphatic rings. The van der Waals surface area contributed by atoms with Crippen LogP contribution in [-0.4, -0.2) is 23.3 Å². The molecule has 0 spiro atoms. The minimum atomic E-state index is -0.884. The molecule has 1 aliphatic heterocycles. The van der Waals surface area contributed by atoms with E-state index in [1.165, 1.54) is 4.90 Å². The first-order valence-corrected chi connectivity index (χ1v) is 9.65. The topological polar surface area (TPSA) is 97.5 Å². The molecule has 4 rings (SSSR count). The van der Waals surface area contributed by atoms with Crippen molar-refractivity contribution in [1.29, 1.82) is 0 Å². The Kier molecular flexibility index (Phi) is 5.29. The van der Waals surface area contributed by atoms with E-state index in [0.29, 0.717) is 22.0 Å². The second kappa shape index (κ2) is 8.04. The van der Waals surface area contributed by atoms with Gasteiger partial charge in [0.2, 0.25) is 12.0 Å². The van der Waals surface area contributed by atoms with Crippen molar-refractivity contribution in [3.63, 3.8) is 0 Å². The van der Waals surface area contributed by atoms with Crippen molar-refractivity contribution >= 4 is 40.7 Å². The first-order chi connectivity index (χ1) is 14.4. The number of halogens is 1. The van der Waals surface area contributed by atoms with Crippen LogP contribution in [0.25, 0.3) is 0 Å². The maximum absolute atomic E-state index is 13.2. The quantitative estimate of drug-likeness (QED) is 0.667. The van der Waals surface area contributed by atoms with Crippen LogP contribution in [0, 0.1) is 6.92 Å². The highest BCUT2D eigenvalue weighted by atomic mass is 35.5. The number of nitrogens with two attached hydrogens (primary N) is 1. The summed E-state index contributed by atoms with van der Waals surface area (Å²) in [6.45, 7) is 1.62. The Labute approximate surface area is 178 Å². The summed E-state index contributed by atoms with van der Waals surface area (Å²) in [6, 6.07) is 17.5. The van der Waals surface area contributed by atoms with Gasteiger partial charge in [-0.05, 0) is 36.8 Å². The number of benzene rings is 2. The Morgan fingerprint density at radius 3 is 2.70 bits per heavy atom. The molecule has 1 aromatic heterocycles. The zero-order chi connectivity index (χ0) is 21.3. The van der Waals surface area contributed by atoms with Gasteiger partial charge < -0.3 is 15.8 Å². The second-order valence-corrected chi connectivity index (χ2v) is 7.31. The number of carbonyl (C=O) groups is 2. The van der Waals surface area contributed by atoms with Crippen molar-refractivity contribution in [2.45, 2.75) is 13.0 Å². The number of anilines is 3. The molecule has 0 fully saturated rings. The van der Waals surface area contributed by atoms with E-state index in [4.69, 9.17) is 22.1 Å². The number of pyridine rings is 1. The molecule has 2 aromatic carbocycles. The fourth-order valence-electron chi connectivity index (χ4n) is 3.16. The Morgan fingerprint density at radius 2 is 1.97 bits per heavy atom. The van der Waals surface area contributed by atoms with Crippen molar-refractivity contribution in [2.75, 3.05) is 22.5 Å². The van der Waals surface area contributed by atoms with Gasteiger partial charge in [0.25, 0.3) is 5.91 Å². The van der Waals surface area contributed by atoms with Crippen LogP contribution in [0.15, 0.2) is 60.7 Å². The Bertz CT molecular complexity index is 1120. The molecule has 1 unspecified atom stereocenters. The summed E-state index contributed by atoms with van der Waals surface area (Å²) >= 11 is 6.13. The van der Waals surface area contributed by atoms with Crippen molar-refractivity contribution in [1.82, 2.24) is 4.98 Å². The molecule has 0 saturated carbocycles. The largest absolute Gasteiger partial charge is 0.472 e. The van der Waals surface area contributed by atoms with Gasteiger partial charge in [-0.3, -0.25) is 14.5 Å². The Morgan fingerprint density at radius 1 is 1.20 bits per heavy atom. The smallest absolute Gasteiger partial charge is 0.274 e. The monoisotopic (exact) mass is 422 g/mol. The molecule has 0 aliphatic carbocycles. The molecule has 1 atom stereocenters. The standard InChI is InChI=1S/C22H19ClN4O3/c1-13-7-8-15(11-16(13)23)25-19(28)12-27-21-17(9-10-18(24)26-21)30-20(22(27)29)14-5-3-2-4-6-14/h2-11,20H,12H2,1H3,(H2,24,26)(H,25,28). The number of amides is 2. The highest BCUT2D eigenvalue weighted by Crippen LogP contribution is 2.38. The van der Waals surface area contributed by atoms with Crippen LogP contribution in [0.1, 0.15) is 17.2 Å². The first-order valence-electron chi connectivity index (χ1n) is 9.28. The lowest BCUT2D eigenvalue weighted by Crippen LogP contribution is -2.45. The summed E-state index contributed by atoms with van der Waals surface area (Å²) in [5, 5.41) is 3.30. The van der Waals surface area contributed by atoms with E-state index >= 15 is 0 Å². The molecule has 3 aromatic rings. The summed E-state index contributed by atoms with van der Waals surface area (Å²) in [5.74, 6) is 0.0168. The third kappa shape index (κ3) is 3.92. The summed E-state index contributed by atoms with van der Waals surface area (Å²) in [4.78, 5) is 31.4. The van der Waals surface area contributed by atoms with Crippen molar-refractivity contribution in [3.8, 4) is 5.75 Å². The molecular weight excluding hydrogens is 404 g/mol. The highest BCUT2D eigenvalue weighted by Gasteiger charge is 2.37. The van der Waals surface area contributed by atoms with E-state index in [2.05, 4.69) is 10.3 Å². The number of nitrogens with one attached hydrogen (secondary N) is 1. The molecule has 30 heavy (non-hydrogen) atoms. The number of nitrogen functional groups attached to an aromatic ring is 1. The number of ether oxygens (including phenoxy) is 1. The first kappa shape index (κ1) is 19.7. The number of hydrogen-bond acceptors (Lipinski definition) is 5. The zero-order valence-corrected chi connectivity index (χ0v) is 16.9. The molecule has 2 heterocycles. The van der Waals surface area contributed by atoms with Crippen LogP contribution in [0.5, 0.6) is 5.75 Å². The lowest BCUT2D eigenvalue weighted by molar-refractivity contribution is -0.128. The average molecular weight is 423 g/mol. The van der Waals surface area contributed by atoms with Crippen LogP contribution in [0.2, 0.25) is 5.02 Å². The molecular formula is C22H19ClN4O3. The lowest BCUT2D eigenvalue weighted by Gasteiger charge is -2.33. The molecule has 152 valence electrons. The van der Waals surface area contributed by atoms with Gasteiger partial charge in [0.15, 0.2) is 11.6 Å². The van der Waals surface area contributed by atoms with Gasteiger partial charge in [-0.2, -0.15) is 0 Å². The number of aromatic nitrogens is 1. The van der Waals surface area contributed by atoms with Crippen molar-refractivity contribution < 1.29 is 14.3 Å². The zero-order valence-electron chi connectivity index (χ0n) is 16.1. The predicted octanol–water partition coefficient (Wildman–Crippen LogP) is 3.73. The third-order valence-corrected chi connectivity index (χ3v) is 5.12. The van der Waals surface area contributed by atoms with Crippen LogP contribution in [0.3, 0.4) is 0 Å². The SMILES string of the molecule is Cc1ccc(NC(=O)CN2C(=O)C(c3ccccc3)Oc3ccc(N)nc32)cc1Cl. The number of fused-ring (bicyclic) bond motifs is 1. The number of rotatable bonds is 4. The summed E-state index contributed by atoms with van der Waals surface area (Å²) in [5.41, 5.74) is 7.92. The van der Waals surface area contributed by atoms with E-state index in [0.717, 1.165) is 5.56 Å². The van der Waals surface area contributed by atoms with Gasteiger partial charge in [0, 0.05) is 16.3 Å². The van der Waals surface area contributed by atoms with Crippen LogP contribution in [-0.2, 0) is 9.59 Å². The molecule has 0 radical (unpaired) electrons. The average Bonchev–Trinajstić information content (AvgIpc) is 2.73. The summed E-state index contributed by atoms with van der Waals surface area (Å²) in [7, 11) is 0. The molecule has 7 nitrogen and oxygen atoms in total. The number of carbonyl (C=O) groups excluding carboxylic acids is 2.